The first-order chi connectivity index (χ1) is 5.38. The highest BCUT2D eigenvalue weighted by Crippen LogP contribution is 1.96. The van der Waals surface area contributed by atoms with Gasteiger partial charge in [-0.1, -0.05) is 0 Å². The van der Waals surface area contributed by atoms with Crippen LogP contribution in [0.1, 0.15) is 12.2 Å². The first-order valence-corrected chi connectivity index (χ1v) is 3.23. The smallest absolute Gasteiger partial charge is 0.212 e. The monoisotopic (exact) mass is 145 g/mol. The number of rotatable bonds is 2. The topological polar surface area (TPSA) is 41.6 Å². The molecule has 1 rings (SSSR count). The van der Waals surface area contributed by atoms with Gasteiger partial charge in [0.05, 0.1) is 0 Å². The lowest BCUT2D eigenvalue weighted by Crippen LogP contribution is -1.98. The zero-order chi connectivity index (χ0) is 8.10. The number of hydrogen-bond donors (Lipinski definition) is 0. The van der Waals surface area contributed by atoms with Crippen LogP contribution in [-0.2, 0) is 6.54 Å². The number of hydrogen-bond acceptors (Lipinski definition) is 2. The molecular weight excluding hydrogens is 138 g/mol. The van der Waals surface area contributed by atoms with Crippen LogP contribution in [0.15, 0.2) is 12.4 Å². The summed E-state index contributed by atoms with van der Waals surface area (Å²) < 4.78 is 1.74. The van der Waals surface area contributed by atoms with Gasteiger partial charge in [-0.25, -0.2) is 4.98 Å². The van der Waals surface area contributed by atoms with E-state index in [1.54, 1.807) is 17.0 Å². The van der Waals surface area contributed by atoms with Gasteiger partial charge in [0.1, 0.15) is 6.07 Å². The van der Waals surface area contributed by atoms with Gasteiger partial charge in [0.25, 0.3) is 0 Å². The molecule has 0 aliphatic heterocycles. The molecule has 0 radical (unpaired) electrons. The number of aryl methyl sites for hydroxylation is 1. The molecule has 3 heteroatoms. The van der Waals surface area contributed by atoms with Crippen LogP contribution in [-0.4, -0.2) is 9.55 Å². The average Bonchev–Trinajstić information content (AvgIpc) is 2.47. The van der Waals surface area contributed by atoms with Crippen LogP contribution in [0.25, 0.3) is 0 Å². The zero-order valence-corrected chi connectivity index (χ0v) is 5.99. The Bertz CT molecular complexity index is 311. The summed E-state index contributed by atoms with van der Waals surface area (Å²) in [5.41, 5.74) is 0. The van der Waals surface area contributed by atoms with Gasteiger partial charge in [-0.2, -0.15) is 5.26 Å². The molecule has 0 spiro atoms. The quantitative estimate of drug-likeness (QED) is 0.577. The molecule has 0 unspecified atom stereocenters. The first-order valence-electron chi connectivity index (χ1n) is 3.23. The van der Waals surface area contributed by atoms with Gasteiger partial charge in [-0.3, -0.25) is 0 Å². The van der Waals surface area contributed by atoms with Crippen LogP contribution >= 0.6 is 0 Å². The van der Waals surface area contributed by atoms with E-state index in [1.807, 2.05) is 6.07 Å². The molecule has 1 aromatic heterocycles. The minimum atomic E-state index is 0.417. The lowest BCUT2D eigenvalue weighted by Gasteiger charge is -1.96. The van der Waals surface area contributed by atoms with E-state index in [4.69, 9.17) is 11.7 Å². The number of nitriles is 1. The Balaban J connectivity index is 2.72. The van der Waals surface area contributed by atoms with E-state index in [0.717, 1.165) is 0 Å². The fraction of sp³-hybridized carbons (Fsp3) is 0.250. The summed E-state index contributed by atoms with van der Waals surface area (Å²) in [6, 6.07) is 1.97. The van der Waals surface area contributed by atoms with Crippen LogP contribution in [0, 0.1) is 23.7 Å². The van der Waals surface area contributed by atoms with Crippen molar-refractivity contribution in [1.82, 2.24) is 9.55 Å². The predicted molar refractivity (Wildman–Crippen MR) is 40.4 cm³/mol. The SMILES string of the molecule is C#CCCn1ccnc1C#N. The van der Waals surface area contributed by atoms with Crippen LogP contribution in [0.3, 0.4) is 0 Å². The van der Waals surface area contributed by atoms with Gasteiger partial charge < -0.3 is 4.57 Å². The minimum absolute atomic E-state index is 0.417. The fourth-order valence-electron chi connectivity index (χ4n) is 0.788. The largest absolute Gasteiger partial charge is 0.322 e. The molecule has 0 bridgehead atoms. The van der Waals surface area contributed by atoms with Gasteiger partial charge in [0.15, 0.2) is 0 Å². The summed E-state index contributed by atoms with van der Waals surface area (Å²) in [7, 11) is 0. The molecule has 54 valence electrons. The highest BCUT2D eigenvalue weighted by Gasteiger charge is 1.97. The van der Waals surface area contributed by atoms with E-state index < -0.39 is 0 Å². The summed E-state index contributed by atoms with van der Waals surface area (Å²) >= 11 is 0. The summed E-state index contributed by atoms with van der Waals surface area (Å²) in [6.45, 7) is 0.666. The van der Waals surface area contributed by atoms with Gasteiger partial charge in [0.2, 0.25) is 5.82 Å². The van der Waals surface area contributed by atoms with Crippen LogP contribution in [0.4, 0.5) is 0 Å². The van der Waals surface area contributed by atoms with Gasteiger partial charge in [-0.05, 0) is 0 Å². The van der Waals surface area contributed by atoms with Crippen molar-refractivity contribution in [2.24, 2.45) is 0 Å². The molecule has 0 aliphatic rings. The maximum Gasteiger partial charge on any atom is 0.212 e. The summed E-state index contributed by atoms with van der Waals surface area (Å²) in [5, 5.41) is 8.52. The zero-order valence-electron chi connectivity index (χ0n) is 5.99. The Hall–Kier alpha value is -1.74. The standard InChI is InChI=1S/C8H7N3/c1-2-3-5-11-6-4-10-8(11)7-9/h1,4,6H,3,5H2. The second-order valence-corrected chi connectivity index (χ2v) is 2.01. The maximum atomic E-state index is 8.52. The molecule has 1 aromatic rings. The molecule has 3 nitrogen and oxygen atoms in total. The van der Waals surface area contributed by atoms with Crippen molar-refractivity contribution >= 4 is 0 Å². The molecule has 1 heterocycles. The number of nitrogens with zero attached hydrogens (tertiary/aromatic N) is 3. The normalized spacial score (nSPS) is 8.55. The second-order valence-electron chi connectivity index (χ2n) is 2.01. The van der Waals surface area contributed by atoms with Crippen molar-refractivity contribution in [2.75, 3.05) is 0 Å². The van der Waals surface area contributed by atoms with Gasteiger partial charge in [0, 0.05) is 25.4 Å². The van der Waals surface area contributed by atoms with Crippen LogP contribution in [0.2, 0.25) is 0 Å². The summed E-state index contributed by atoms with van der Waals surface area (Å²) in [4.78, 5) is 3.82. The lowest BCUT2D eigenvalue weighted by atomic mass is 10.4. The lowest BCUT2D eigenvalue weighted by molar-refractivity contribution is 0.708. The Morgan fingerprint density at radius 1 is 1.73 bits per heavy atom. The van der Waals surface area contributed by atoms with Crippen molar-refractivity contribution in [3.8, 4) is 18.4 Å². The number of aromatic nitrogens is 2. The molecule has 0 amide bonds. The molecule has 11 heavy (non-hydrogen) atoms. The predicted octanol–water partition coefficient (Wildman–Crippen LogP) is 0.778. The molecule has 0 aliphatic carbocycles. The Kier molecular flexibility index (Phi) is 2.30. The molecule has 0 N–H and O–H groups in total. The van der Waals surface area contributed by atoms with E-state index in [0.29, 0.717) is 18.8 Å². The fourth-order valence-corrected chi connectivity index (χ4v) is 0.788. The molecule has 0 aromatic carbocycles. The highest BCUT2D eigenvalue weighted by atomic mass is 15.1. The molecule has 0 fully saturated rings. The van der Waals surface area contributed by atoms with E-state index in [-0.39, 0.29) is 0 Å². The molecule has 0 atom stereocenters. The summed E-state index contributed by atoms with van der Waals surface area (Å²) in [6.07, 6.45) is 9.04. The molecule has 0 saturated heterocycles. The Labute approximate surface area is 65.3 Å². The number of terminal acetylenes is 1. The Morgan fingerprint density at radius 3 is 3.18 bits per heavy atom. The summed E-state index contributed by atoms with van der Waals surface area (Å²) in [5.74, 6) is 2.92. The van der Waals surface area contributed by atoms with Crippen LogP contribution in [0.5, 0.6) is 0 Å². The van der Waals surface area contributed by atoms with Crippen molar-refractivity contribution in [1.29, 1.82) is 5.26 Å². The third-order valence-electron chi connectivity index (χ3n) is 1.31. The van der Waals surface area contributed by atoms with E-state index >= 15 is 0 Å². The third kappa shape index (κ3) is 1.59. The van der Waals surface area contributed by atoms with Crippen molar-refractivity contribution in [3.05, 3.63) is 18.2 Å². The Morgan fingerprint density at radius 2 is 2.55 bits per heavy atom. The maximum absolute atomic E-state index is 8.52. The van der Waals surface area contributed by atoms with Crippen molar-refractivity contribution in [2.45, 2.75) is 13.0 Å². The molecular formula is C8H7N3. The van der Waals surface area contributed by atoms with E-state index in [2.05, 4.69) is 10.9 Å². The first kappa shape index (κ1) is 7.37. The second kappa shape index (κ2) is 3.43. The van der Waals surface area contributed by atoms with Crippen molar-refractivity contribution in [3.63, 3.8) is 0 Å². The third-order valence-corrected chi connectivity index (χ3v) is 1.31. The van der Waals surface area contributed by atoms with Crippen molar-refractivity contribution < 1.29 is 0 Å². The molecule has 0 saturated carbocycles. The number of imidazole rings is 1. The van der Waals surface area contributed by atoms with E-state index in [1.165, 1.54) is 0 Å². The minimum Gasteiger partial charge on any atom is -0.322 e. The van der Waals surface area contributed by atoms with Crippen LogP contribution < -0.4 is 0 Å². The average molecular weight is 145 g/mol. The van der Waals surface area contributed by atoms with E-state index in [9.17, 15) is 0 Å². The van der Waals surface area contributed by atoms with Gasteiger partial charge >= 0.3 is 0 Å². The van der Waals surface area contributed by atoms with Gasteiger partial charge in [-0.15, -0.1) is 12.3 Å². The highest BCUT2D eigenvalue weighted by molar-refractivity contribution is 5.11.